The lowest BCUT2D eigenvalue weighted by Crippen LogP contribution is -2.54. The largest absolute Gasteiger partial charge is 0.445 e. The maximum atomic E-state index is 15.1. The Morgan fingerprint density at radius 3 is 2.12 bits per heavy atom. The van der Waals surface area contributed by atoms with E-state index in [1.807, 2.05) is 20.8 Å². The van der Waals surface area contributed by atoms with Crippen LogP contribution in [-0.4, -0.2) is 140 Å². The molecule has 0 aromatic heterocycles. The number of hydroxylamine groups is 2. The highest BCUT2D eigenvalue weighted by Gasteiger charge is 2.50. The molecular formula is C54H76F2N10O13S. The van der Waals surface area contributed by atoms with Gasteiger partial charge in [-0.05, 0) is 92.3 Å². The number of ether oxygens (including phenoxy) is 4. The van der Waals surface area contributed by atoms with Crippen molar-refractivity contribution in [2.75, 3.05) is 52.3 Å². The summed E-state index contributed by atoms with van der Waals surface area (Å²) in [7, 11) is 2.69. The van der Waals surface area contributed by atoms with E-state index in [0.717, 1.165) is 35.0 Å². The number of hydrazone groups is 1. The number of rotatable bonds is 29. The maximum Gasteiger partial charge on any atom is 0.407 e. The minimum absolute atomic E-state index is 0.0615. The van der Waals surface area contributed by atoms with E-state index in [9.17, 15) is 43.1 Å². The number of primary amides is 1. The Balaban J connectivity index is 1.31. The highest BCUT2D eigenvalue weighted by Crippen LogP contribution is 2.51. The van der Waals surface area contributed by atoms with Crippen molar-refractivity contribution in [2.45, 2.75) is 123 Å². The van der Waals surface area contributed by atoms with Gasteiger partial charge in [-0.3, -0.25) is 19.2 Å². The predicted octanol–water partition coefficient (Wildman–Crippen LogP) is 6.15. The zero-order chi connectivity index (χ0) is 59.2. The molecule has 0 fully saturated rings. The number of carbonyl (C=O) groups excluding carboxylic acids is 7. The molecule has 5 atom stereocenters. The molecule has 9 amide bonds. The van der Waals surface area contributed by atoms with Crippen LogP contribution in [0, 0.1) is 23.0 Å². The number of amides is 9. The zero-order valence-electron chi connectivity index (χ0n) is 46.6. The van der Waals surface area contributed by atoms with Gasteiger partial charge >= 0.3 is 24.2 Å². The summed E-state index contributed by atoms with van der Waals surface area (Å²) in [4.78, 5) is 94.9. The Hall–Kier alpha value is -7.13. The number of nitrogens with two attached hydrogens (primary N) is 1. The van der Waals surface area contributed by atoms with Crippen LogP contribution in [0.2, 0.25) is 0 Å². The molecule has 3 aromatic rings. The fraction of sp³-hybridized carbons (Fsp3) is 0.519. The number of alkyl carbamates (subject to hydrolysis) is 2. The smallest absolute Gasteiger partial charge is 0.407 e. The molecule has 23 nitrogen and oxygen atoms in total. The molecule has 0 saturated heterocycles. The lowest BCUT2D eigenvalue weighted by Gasteiger charge is -2.37. The lowest BCUT2D eigenvalue weighted by atomic mass is 9.89. The standard InChI is InChI=1S/C54H76F2N10O13S/c1-33(2)45(63-43(68)24-28-60-51(73)77-32-44(78-34(3)4)79-42(30-67)53(5,6)7)47(70)62-41(17-13-26-58-49(57)71)46(69)61-38-21-18-35(19-22-38)31-76-50(72)59-27-14-25-54(36-15-11-10-12-16-36)66(52(74)65(8)75-9)64-48(80-54)39-29-37(55)20-23-40(39)56/h10-12,15-16,18-23,29,33-34,41-42,44-45,67H,13-14,17,24-28,30-32H2,1-9H3,(H,59,72)(H,60,73)(H,61,69)(H,62,70)(H,63,68)(H3,57,58,71). The van der Waals surface area contributed by atoms with Crippen LogP contribution in [0.4, 0.5) is 33.6 Å². The first-order valence-corrected chi connectivity index (χ1v) is 26.8. The number of hydrogen-bond acceptors (Lipinski definition) is 15. The molecule has 4 rings (SSSR count). The molecule has 0 spiro atoms. The predicted molar refractivity (Wildman–Crippen MR) is 294 cm³/mol. The van der Waals surface area contributed by atoms with Crippen LogP contribution in [0.5, 0.6) is 0 Å². The summed E-state index contributed by atoms with van der Waals surface area (Å²) in [6.07, 6.45) is -2.92. The van der Waals surface area contributed by atoms with Crippen LogP contribution < -0.4 is 37.6 Å². The minimum Gasteiger partial charge on any atom is -0.445 e. The SMILES string of the molecule is CON(C)C(=O)N1N=C(c2cc(F)ccc2F)SC1(CCCNC(=O)OCc1ccc(NC(=O)C(CCCNC(N)=O)NC(=O)C(NC(=O)CCNC(=O)OCC(OC(C)C)OC(CO)C(C)(C)C)C(C)C)cc1)c1ccccc1. The molecule has 9 N–H and O–H groups in total. The highest BCUT2D eigenvalue weighted by atomic mass is 32.2. The molecular weight excluding hydrogens is 1070 g/mol. The summed E-state index contributed by atoms with van der Waals surface area (Å²) in [5.74, 6) is -3.71. The number of aliphatic hydroxyl groups excluding tert-OH is 1. The van der Waals surface area contributed by atoms with Gasteiger partial charge in [0, 0.05) is 44.4 Å². The van der Waals surface area contributed by atoms with Crippen molar-refractivity contribution in [3.8, 4) is 0 Å². The number of halogens is 2. The number of nitrogens with zero attached hydrogens (tertiary/aromatic N) is 3. The van der Waals surface area contributed by atoms with Gasteiger partial charge in [0.25, 0.3) is 0 Å². The Kier molecular flexibility index (Phi) is 25.8. The fourth-order valence-electron chi connectivity index (χ4n) is 7.81. The van der Waals surface area contributed by atoms with Crippen molar-refractivity contribution in [3.63, 3.8) is 0 Å². The van der Waals surface area contributed by atoms with Gasteiger partial charge < -0.3 is 61.7 Å². The molecule has 440 valence electrons. The van der Waals surface area contributed by atoms with Crippen LogP contribution in [0.15, 0.2) is 77.9 Å². The summed E-state index contributed by atoms with van der Waals surface area (Å²) < 4.78 is 51.8. The van der Waals surface area contributed by atoms with Crippen molar-refractivity contribution in [2.24, 2.45) is 22.2 Å². The van der Waals surface area contributed by atoms with Gasteiger partial charge in [-0.25, -0.2) is 33.0 Å². The van der Waals surface area contributed by atoms with Crippen LogP contribution in [0.25, 0.3) is 0 Å². The van der Waals surface area contributed by atoms with E-state index in [2.05, 4.69) is 37.0 Å². The summed E-state index contributed by atoms with van der Waals surface area (Å²) in [5, 5.41) is 32.2. The quantitative estimate of drug-likeness (QED) is 0.0220. The van der Waals surface area contributed by atoms with Gasteiger partial charge in [0.2, 0.25) is 17.7 Å². The van der Waals surface area contributed by atoms with Gasteiger partial charge in [0.1, 0.15) is 46.8 Å². The van der Waals surface area contributed by atoms with Crippen LogP contribution in [-0.2, 0) is 49.6 Å². The van der Waals surface area contributed by atoms with Gasteiger partial charge in [-0.1, -0.05) is 88.8 Å². The number of urea groups is 2. The van der Waals surface area contributed by atoms with E-state index >= 15 is 4.39 Å². The van der Waals surface area contributed by atoms with Crippen molar-refractivity contribution in [3.05, 3.63) is 101 Å². The Bertz CT molecular complexity index is 2580. The first-order valence-electron chi connectivity index (χ1n) is 26.0. The van der Waals surface area contributed by atoms with Gasteiger partial charge in [-0.15, -0.1) is 0 Å². The first-order chi connectivity index (χ1) is 37.9. The molecule has 1 aliphatic heterocycles. The van der Waals surface area contributed by atoms with E-state index in [-0.39, 0.29) is 88.3 Å². The molecule has 26 heteroatoms. The second kappa shape index (κ2) is 31.6. The number of nitrogens with one attached hydrogen (secondary N) is 6. The van der Waals surface area contributed by atoms with Crippen LogP contribution in [0.3, 0.4) is 0 Å². The zero-order valence-corrected chi connectivity index (χ0v) is 47.4. The topological polar surface area (TPSA) is 303 Å². The van der Waals surface area contributed by atoms with E-state index in [1.54, 1.807) is 82.3 Å². The van der Waals surface area contributed by atoms with E-state index < -0.39 is 94.3 Å². The third kappa shape index (κ3) is 20.5. The fourth-order valence-corrected chi connectivity index (χ4v) is 9.22. The third-order valence-corrected chi connectivity index (χ3v) is 13.6. The minimum atomic E-state index is -1.27. The maximum absolute atomic E-state index is 15.1. The molecule has 80 heavy (non-hydrogen) atoms. The van der Waals surface area contributed by atoms with Crippen molar-refractivity contribution in [1.29, 1.82) is 0 Å². The normalized spacial score (nSPS) is 15.7. The molecule has 0 bridgehead atoms. The lowest BCUT2D eigenvalue weighted by molar-refractivity contribution is -0.226. The van der Waals surface area contributed by atoms with Crippen molar-refractivity contribution in [1.82, 2.24) is 36.7 Å². The summed E-state index contributed by atoms with van der Waals surface area (Å²) in [6.45, 7) is 11.9. The average Bonchev–Trinajstić information content (AvgIpc) is 4.08. The Morgan fingerprint density at radius 1 is 0.838 bits per heavy atom. The molecule has 1 heterocycles. The molecule has 0 saturated carbocycles. The Labute approximate surface area is 469 Å². The summed E-state index contributed by atoms with van der Waals surface area (Å²) >= 11 is 1.07. The Morgan fingerprint density at radius 2 is 1.50 bits per heavy atom. The second-order valence-electron chi connectivity index (χ2n) is 20.2. The van der Waals surface area contributed by atoms with Gasteiger partial charge in [0.15, 0.2) is 6.29 Å². The average molecular weight is 1140 g/mol. The number of aliphatic hydroxyl groups is 1. The number of carbonyl (C=O) groups is 7. The molecule has 0 aliphatic carbocycles. The summed E-state index contributed by atoms with van der Waals surface area (Å²) in [6, 6.07) is 14.5. The first kappa shape index (κ1) is 65.4. The second-order valence-corrected chi connectivity index (χ2v) is 21.5. The summed E-state index contributed by atoms with van der Waals surface area (Å²) in [5.41, 5.74) is 6.18. The van der Waals surface area contributed by atoms with Crippen LogP contribution >= 0.6 is 11.8 Å². The van der Waals surface area contributed by atoms with E-state index in [1.165, 1.54) is 19.2 Å². The third-order valence-electron chi connectivity index (χ3n) is 12.2. The molecule has 3 aromatic carbocycles. The molecule has 0 radical (unpaired) electrons. The van der Waals surface area contributed by atoms with E-state index in [4.69, 9.17) is 29.5 Å². The monoisotopic (exact) mass is 1140 g/mol. The van der Waals surface area contributed by atoms with Crippen LogP contribution in [0.1, 0.15) is 97.3 Å². The van der Waals surface area contributed by atoms with Crippen molar-refractivity contribution >= 4 is 64.5 Å². The molecule has 5 unspecified atom stereocenters. The highest BCUT2D eigenvalue weighted by molar-refractivity contribution is 8.15. The van der Waals surface area contributed by atoms with Gasteiger partial charge in [-0.2, -0.15) is 10.1 Å². The molecule has 1 aliphatic rings. The number of benzene rings is 3. The van der Waals surface area contributed by atoms with Crippen molar-refractivity contribution < 1.29 is 71.2 Å². The number of anilines is 1. The van der Waals surface area contributed by atoms with E-state index in [0.29, 0.717) is 16.8 Å². The number of thioether (sulfide) groups is 1. The van der Waals surface area contributed by atoms with Gasteiger partial charge in [0.05, 0.1) is 25.9 Å². The number of hydrogen-bond donors (Lipinski definition) is 8.